The Morgan fingerprint density at radius 2 is 1.58 bits per heavy atom. The van der Waals surface area contributed by atoms with Crippen molar-refractivity contribution in [2.75, 3.05) is 26.7 Å². The molecule has 0 aliphatic carbocycles. The first-order valence-electron chi connectivity index (χ1n) is 4.24. The molecule has 0 unspecified atom stereocenters. The van der Waals surface area contributed by atoms with E-state index in [2.05, 4.69) is 27.1 Å². The van der Waals surface area contributed by atoms with E-state index in [1.165, 1.54) is 13.0 Å². The van der Waals surface area contributed by atoms with Crippen molar-refractivity contribution >= 4 is 0 Å². The monoisotopic (exact) mass is 233 g/mol. The largest absolute Gasteiger partial charge is 1.00 e. The number of nitrogens with zero attached hydrogens (tertiary/aromatic N) is 1. The van der Waals surface area contributed by atoms with Gasteiger partial charge in [0.15, 0.2) is 0 Å². The number of likely N-dealkylation sites (N-methyl/N-ethyl adjacent to an activating group) is 1. The fraction of sp³-hybridized carbons (Fsp3) is 0.600. The van der Waals surface area contributed by atoms with Crippen LogP contribution in [0.1, 0.15) is 13.3 Å². The predicted molar refractivity (Wildman–Crippen MR) is 51.5 cm³/mol. The van der Waals surface area contributed by atoms with Gasteiger partial charge in [0, 0.05) is 0 Å². The lowest BCUT2D eigenvalue weighted by Gasteiger charge is -2.31. The van der Waals surface area contributed by atoms with E-state index >= 15 is 0 Å². The second-order valence-corrected chi connectivity index (χ2v) is 3.29. The Bertz CT molecular complexity index is 122. The van der Waals surface area contributed by atoms with Crippen LogP contribution in [0.4, 0.5) is 0 Å². The number of hydrogen-bond acceptors (Lipinski definition) is 0. The molecule has 0 amide bonds. The molecule has 0 heterocycles. The Kier molecular flexibility index (Phi) is 9.10. The van der Waals surface area contributed by atoms with Crippen LogP contribution in [-0.4, -0.2) is 31.2 Å². The number of hydrogen-bond donors (Lipinski definition) is 0. The van der Waals surface area contributed by atoms with E-state index in [0.717, 1.165) is 17.6 Å². The maximum absolute atomic E-state index is 3.76. The minimum Gasteiger partial charge on any atom is -1.00 e. The first kappa shape index (κ1) is 14.4. The summed E-state index contributed by atoms with van der Waals surface area (Å²) in [6.07, 6.45) is 5.19. The molecular formula is C10H20BrN. The molecule has 0 bridgehead atoms. The Hall–Kier alpha value is -0.0800. The smallest absolute Gasteiger partial charge is 0.0971 e. The second kappa shape index (κ2) is 7.56. The lowest BCUT2D eigenvalue weighted by Crippen LogP contribution is -3.00. The van der Waals surface area contributed by atoms with E-state index < -0.39 is 0 Å². The van der Waals surface area contributed by atoms with Crippen molar-refractivity contribution in [1.29, 1.82) is 0 Å². The van der Waals surface area contributed by atoms with Crippen molar-refractivity contribution in [3.05, 3.63) is 25.3 Å². The zero-order chi connectivity index (χ0) is 8.74. The van der Waals surface area contributed by atoms with E-state index in [4.69, 9.17) is 0 Å². The molecule has 0 aromatic heterocycles. The van der Waals surface area contributed by atoms with Gasteiger partial charge >= 0.3 is 0 Å². The normalized spacial score (nSPS) is 10.2. The minimum atomic E-state index is 0. The van der Waals surface area contributed by atoms with Crippen LogP contribution >= 0.6 is 0 Å². The highest BCUT2D eigenvalue weighted by atomic mass is 79.9. The van der Waals surface area contributed by atoms with E-state index in [9.17, 15) is 0 Å². The van der Waals surface area contributed by atoms with Crippen LogP contribution in [-0.2, 0) is 0 Å². The van der Waals surface area contributed by atoms with Gasteiger partial charge in [0.25, 0.3) is 0 Å². The van der Waals surface area contributed by atoms with Crippen LogP contribution in [0.2, 0.25) is 0 Å². The number of rotatable bonds is 6. The second-order valence-electron chi connectivity index (χ2n) is 3.29. The molecule has 0 aromatic carbocycles. The van der Waals surface area contributed by atoms with Gasteiger partial charge in [-0.3, -0.25) is 0 Å². The molecule has 0 N–H and O–H groups in total. The van der Waals surface area contributed by atoms with E-state index in [1.54, 1.807) is 0 Å². The third-order valence-electron chi connectivity index (χ3n) is 1.90. The summed E-state index contributed by atoms with van der Waals surface area (Å²) in [6.45, 7) is 13.0. The van der Waals surface area contributed by atoms with Crippen molar-refractivity contribution in [3.8, 4) is 0 Å². The Morgan fingerprint density at radius 3 is 1.83 bits per heavy atom. The third kappa shape index (κ3) is 5.56. The number of halogens is 1. The van der Waals surface area contributed by atoms with Gasteiger partial charge < -0.3 is 21.5 Å². The van der Waals surface area contributed by atoms with Gasteiger partial charge in [0.1, 0.15) is 0 Å². The first-order valence-corrected chi connectivity index (χ1v) is 4.24. The van der Waals surface area contributed by atoms with Gasteiger partial charge in [0.2, 0.25) is 0 Å². The zero-order valence-electron chi connectivity index (χ0n) is 8.22. The molecule has 0 spiro atoms. The summed E-state index contributed by atoms with van der Waals surface area (Å²) in [5.74, 6) is 0. The van der Waals surface area contributed by atoms with Crippen LogP contribution in [0, 0.1) is 0 Å². The Balaban J connectivity index is 0. The van der Waals surface area contributed by atoms with Gasteiger partial charge in [-0.25, -0.2) is 0 Å². The minimum absolute atomic E-state index is 0. The van der Waals surface area contributed by atoms with Crippen LogP contribution in [0.15, 0.2) is 25.3 Å². The zero-order valence-corrected chi connectivity index (χ0v) is 9.81. The van der Waals surface area contributed by atoms with E-state index in [-0.39, 0.29) is 17.0 Å². The molecule has 0 saturated heterocycles. The van der Waals surface area contributed by atoms with Gasteiger partial charge in [0.05, 0.1) is 26.7 Å². The molecule has 0 saturated carbocycles. The van der Waals surface area contributed by atoms with Crippen molar-refractivity contribution < 1.29 is 21.5 Å². The molecule has 0 aromatic rings. The van der Waals surface area contributed by atoms with Gasteiger partial charge in [-0.05, 0) is 18.6 Å². The summed E-state index contributed by atoms with van der Waals surface area (Å²) in [6, 6.07) is 0. The lowest BCUT2D eigenvalue weighted by atomic mass is 10.3. The Labute approximate surface area is 87.1 Å². The quantitative estimate of drug-likeness (QED) is 0.418. The lowest BCUT2D eigenvalue weighted by molar-refractivity contribution is -0.898. The standard InChI is InChI=1S/C10H20N.BrH/c1-5-8-11(4,9-6-2)10-7-3;/h5-6H,1-2,7-10H2,3-4H3;1H/q+1;/p-1. The fourth-order valence-electron chi connectivity index (χ4n) is 1.42. The van der Waals surface area contributed by atoms with Crippen LogP contribution < -0.4 is 17.0 Å². The van der Waals surface area contributed by atoms with Crippen molar-refractivity contribution in [1.82, 2.24) is 0 Å². The average molecular weight is 234 g/mol. The Morgan fingerprint density at radius 1 is 1.17 bits per heavy atom. The first-order chi connectivity index (χ1) is 5.18. The fourth-order valence-corrected chi connectivity index (χ4v) is 1.42. The highest BCUT2D eigenvalue weighted by molar-refractivity contribution is 4.70. The molecule has 2 heteroatoms. The maximum atomic E-state index is 3.76. The molecule has 0 radical (unpaired) electrons. The summed E-state index contributed by atoms with van der Waals surface area (Å²) in [5.41, 5.74) is 0. The topological polar surface area (TPSA) is 0 Å². The molecule has 0 atom stereocenters. The highest BCUT2D eigenvalue weighted by Crippen LogP contribution is 2.03. The van der Waals surface area contributed by atoms with Gasteiger partial charge in [-0.1, -0.05) is 20.1 Å². The summed E-state index contributed by atoms with van der Waals surface area (Å²) in [7, 11) is 2.24. The summed E-state index contributed by atoms with van der Waals surface area (Å²) in [5, 5.41) is 0. The van der Waals surface area contributed by atoms with E-state index in [1.807, 2.05) is 12.2 Å². The van der Waals surface area contributed by atoms with Crippen molar-refractivity contribution in [2.45, 2.75) is 13.3 Å². The molecular weight excluding hydrogens is 214 g/mol. The maximum Gasteiger partial charge on any atom is 0.0971 e. The molecule has 0 aliphatic heterocycles. The van der Waals surface area contributed by atoms with Gasteiger partial charge in [-0.2, -0.15) is 0 Å². The van der Waals surface area contributed by atoms with Gasteiger partial charge in [-0.15, -0.1) is 0 Å². The summed E-state index contributed by atoms with van der Waals surface area (Å²) in [4.78, 5) is 0. The highest BCUT2D eigenvalue weighted by Gasteiger charge is 2.15. The van der Waals surface area contributed by atoms with E-state index in [0.29, 0.717) is 0 Å². The predicted octanol–water partition coefficient (Wildman–Crippen LogP) is -0.781. The summed E-state index contributed by atoms with van der Waals surface area (Å²) >= 11 is 0. The molecule has 0 rings (SSSR count). The molecule has 1 nitrogen and oxygen atoms in total. The SMILES string of the molecule is C=CC[N+](C)(CC=C)CCC.[Br-]. The molecule has 0 aliphatic rings. The summed E-state index contributed by atoms with van der Waals surface area (Å²) < 4.78 is 1.05. The molecule has 72 valence electrons. The van der Waals surface area contributed by atoms with Crippen molar-refractivity contribution in [3.63, 3.8) is 0 Å². The van der Waals surface area contributed by atoms with Crippen molar-refractivity contribution in [2.24, 2.45) is 0 Å². The molecule has 0 fully saturated rings. The van der Waals surface area contributed by atoms with Crippen LogP contribution in [0.25, 0.3) is 0 Å². The average Bonchev–Trinajstić information content (AvgIpc) is 1.88. The van der Waals surface area contributed by atoms with Crippen LogP contribution in [0.3, 0.4) is 0 Å². The molecule has 12 heavy (non-hydrogen) atoms. The third-order valence-corrected chi connectivity index (χ3v) is 1.90. The van der Waals surface area contributed by atoms with Crippen LogP contribution in [0.5, 0.6) is 0 Å². The number of quaternary nitrogens is 1.